The van der Waals surface area contributed by atoms with E-state index in [1.165, 1.54) is 7.11 Å². The molecule has 122 valence electrons. The third-order valence-electron chi connectivity index (χ3n) is 5.76. The minimum atomic E-state index is -2.64. The van der Waals surface area contributed by atoms with Crippen molar-refractivity contribution in [1.29, 1.82) is 1.43 Å². The average Bonchev–Trinajstić information content (AvgIpc) is 2.95. The Kier molecular flexibility index (Phi) is 1.34. The highest BCUT2D eigenvalue weighted by atomic mass is 16.5. The number of Topliss-reactive ketones (excluding diaryl/α,β-unsaturated/α-hetero) is 1. The van der Waals surface area contributed by atoms with Gasteiger partial charge in [0.1, 0.15) is 0 Å². The van der Waals surface area contributed by atoms with Crippen LogP contribution in [0.15, 0.2) is 12.1 Å². The molecule has 5 rings (SSSR count). The maximum atomic E-state index is 13.3. The molecule has 5 nitrogen and oxygen atoms in total. The molecule has 0 radical (unpaired) electrons. The molecule has 1 N–H and O–H groups in total. The van der Waals surface area contributed by atoms with E-state index >= 15 is 0 Å². The summed E-state index contributed by atoms with van der Waals surface area (Å²) in [5.41, 5.74) is -3.20. The lowest BCUT2D eigenvalue weighted by molar-refractivity contribution is -0.185. The first-order valence-corrected chi connectivity index (χ1v) is 7.59. The van der Waals surface area contributed by atoms with Crippen molar-refractivity contribution >= 4 is 5.78 Å². The molecule has 1 aromatic rings. The molecule has 2 fully saturated rings. The van der Waals surface area contributed by atoms with Crippen LogP contribution < -0.4 is 9.47 Å². The number of likely N-dealkylation sites (tertiary alicyclic amines) is 1. The fourth-order valence-corrected chi connectivity index (χ4v) is 4.75. The predicted molar refractivity (Wildman–Crippen MR) is 83.0 cm³/mol. The van der Waals surface area contributed by atoms with Crippen molar-refractivity contribution in [2.75, 3.05) is 20.6 Å². The third kappa shape index (κ3) is 1.32. The zero-order chi connectivity index (χ0) is 23.6. The number of piperidine rings is 1. The molecule has 1 saturated carbocycles. The lowest BCUT2D eigenvalue weighted by Gasteiger charge is -2.62. The van der Waals surface area contributed by atoms with Gasteiger partial charge in [0.25, 0.3) is 0 Å². The molecular weight excluding hydrogens is 294 g/mol. The number of carbonyl (C=O) groups excluding carboxylic acids is 1. The fourth-order valence-electron chi connectivity index (χ4n) is 4.75. The molecule has 0 aromatic heterocycles. The molecule has 0 amide bonds. The maximum Gasteiger partial charge on any atom is 0.211 e. The van der Waals surface area contributed by atoms with Crippen LogP contribution in [0.25, 0.3) is 0 Å². The van der Waals surface area contributed by atoms with Crippen LogP contribution in [0.5, 0.6) is 11.5 Å². The van der Waals surface area contributed by atoms with Gasteiger partial charge in [-0.25, -0.2) is 0 Å². The maximum absolute atomic E-state index is 13.3. The first kappa shape index (κ1) is 7.53. The van der Waals surface area contributed by atoms with Crippen LogP contribution in [-0.4, -0.2) is 55.6 Å². The van der Waals surface area contributed by atoms with Crippen molar-refractivity contribution < 1.29 is 30.3 Å². The summed E-state index contributed by atoms with van der Waals surface area (Å²) in [5.74, 6) is -1.43. The number of hydrogen-bond donors (Lipinski definition) is 1. The molecule has 2 aliphatic carbocycles. The Morgan fingerprint density at radius 3 is 3.35 bits per heavy atom. The number of benzene rings is 1. The van der Waals surface area contributed by atoms with Gasteiger partial charge in [0.05, 0.1) is 22.2 Å². The minimum absolute atomic E-state index is 0.0797. The number of ether oxygens (including phenoxy) is 2. The molecule has 2 heterocycles. The molecule has 4 atom stereocenters. The van der Waals surface area contributed by atoms with E-state index < -0.39 is 48.7 Å². The second-order valence-electron chi connectivity index (χ2n) is 6.54. The van der Waals surface area contributed by atoms with Crippen molar-refractivity contribution in [2.24, 2.45) is 0 Å². The van der Waals surface area contributed by atoms with Gasteiger partial charge < -0.3 is 19.5 Å². The Labute approximate surface area is 147 Å². The minimum Gasteiger partial charge on any atom is -0.493 e. The first-order valence-electron chi connectivity index (χ1n) is 12.0. The zero-order valence-corrected chi connectivity index (χ0v) is 12.5. The van der Waals surface area contributed by atoms with Crippen molar-refractivity contribution in [1.82, 2.24) is 4.90 Å². The van der Waals surface area contributed by atoms with Gasteiger partial charge in [-0.1, -0.05) is 6.04 Å². The first-order chi connectivity index (χ1) is 14.7. The number of ketones is 1. The third-order valence-corrected chi connectivity index (χ3v) is 5.76. The average molecular weight is 324 g/mol. The predicted octanol–water partition coefficient (Wildman–Crippen LogP) is 1.05. The van der Waals surface area contributed by atoms with Crippen LogP contribution in [0.3, 0.4) is 0 Å². The summed E-state index contributed by atoms with van der Waals surface area (Å²) in [6.45, 7) is -2.71. The van der Waals surface area contributed by atoms with Crippen LogP contribution in [-0.2, 0) is 16.6 Å². The Morgan fingerprint density at radius 1 is 1.65 bits per heavy atom. The molecule has 1 saturated heterocycles. The van der Waals surface area contributed by atoms with Gasteiger partial charge in [-0.2, -0.15) is 0 Å². The number of nitrogens with zero attached hydrogens (tertiary/aromatic N) is 1. The second kappa shape index (κ2) is 4.08. The highest BCUT2D eigenvalue weighted by Crippen LogP contribution is 2.64. The van der Waals surface area contributed by atoms with Crippen LogP contribution >= 0.6 is 0 Å². The van der Waals surface area contributed by atoms with Crippen molar-refractivity contribution in [3.05, 3.63) is 23.2 Å². The summed E-state index contributed by atoms with van der Waals surface area (Å²) in [6.07, 6.45) is -6.14. The Hall–Kier alpha value is -1.59. The largest absolute Gasteiger partial charge is 0.493 e. The lowest BCUT2D eigenvalue weighted by Crippen LogP contribution is -2.76. The number of rotatable bonds is 2. The molecule has 1 unspecified atom stereocenters. The summed E-state index contributed by atoms with van der Waals surface area (Å²) in [4.78, 5) is 14.5. The van der Waals surface area contributed by atoms with E-state index in [2.05, 4.69) is 0 Å². The van der Waals surface area contributed by atoms with E-state index in [0.29, 0.717) is 0 Å². The number of likely N-dealkylation sites (N-methyl/N-ethyl adjacent to an activating group) is 1. The van der Waals surface area contributed by atoms with Crippen molar-refractivity contribution in [3.8, 4) is 11.5 Å². The van der Waals surface area contributed by atoms with Gasteiger partial charge in [0.2, 0.25) is 1.43 Å². The second-order valence-corrected chi connectivity index (χ2v) is 6.54. The summed E-state index contributed by atoms with van der Waals surface area (Å²) < 4.78 is 86.0. The SMILES string of the molecule is [2H]O[C@@]12CC([2H])([2H])C(=O)C3([2H])Oc4c(OC)c([2H])c([2H])c5c4[C@@]31CCN(C([2H])([2H])[2H])[C@@H]2C5. The van der Waals surface area contributed by atoms with E-state index in [9.17, 15) is 4.79 Å². The monoisotopic (exact) mass is 324 g/mol. The molecule has 23 heavy (non-hydrogen) atoms. The van der Waals surface area contributed by atoms with E-state index in [4.69, 9.17) is 27.0 Å². The number of aliphatic hydroxyl groups is 1. The number of hydrogen-bond acceptors (Lipinski definition) is 5. The summed E-state index contributed by atoms with van der Waals surface area (Å²) in [7, 11) is 1.26. The topological polar surface area (TPSA) is 59.0 Å². The van der Waals surface area contributed by atoms with Crippen molar-refractivity contribution in [3.63, 3.8) is 0 Å². The summed E-state index contributed by atoms with van der Waals surface area (Å²) in [6, 6.07) is -1.73. The number of carbonyl (C=O) groups is 1. The van der Waals surface area contributed by atoms with Gasteiger partial charge in [-0.3, -0.25) is 4.79 Å². The summed E-state index contributed by atoms with van der Waals surface area (Å²) in [5, 5.41) is 5.24. The Balaban J connectivity index is 1.94. The van der Waals surface area contributed by atoms with Crippen molar-refractivity contribution in [2.45, 2.75) is 48.8 Å². The normalized spacial score (nSPS) is 52.1. The fraction of sp³-hybridized carbons (Fsp3) is 0.611. The highest BCUT2D eigenvalue weighted by Gasteiger charge is 2.72. The zero-order valence-electron chi connectivity index (χ0n) is 21.5. The van der Waals surface area contributed by atoms with E-state index in [1.54, 1.807) is 0 Å². The highest BCUT2D eigenvalue weighted by molar-refractivity contribution is 5.90. The smallest absolute Gasteiger partial charge is 0.211 e. The Morgan fingerprint density at radius 2 is 2.57 bits per heavy atom. The van der Waals surface area contributed by atoms with Crippen LogP contribution in [0.1, 0.15) is 41.3 Å². The number of methoxy groups -OCH3 is 1. The molecule has 2 bridgehead atoms. The van der Waals surface area contributed by atoms with Gasteiger partial charge in [-0.05, 0) is 44.4 Å². The molecule has 4 aliphatic rings. The molecular formula is C18H21NO4. The Bertz CT molecular complexity index is 1060. The van der Waals surface area contributed by atoms with Crippen LogP contribution in [0, 0.1) is 0 Å². The van der Waals surface area contributed by atoms with Gasteiger partial charge in [0.15, 0.2) is 23.4 Å². The molecule has 2 aliphatic heterocycles. The summed E-state index contributed by atoms with van der Waals surface area (Å²) >= 11 is 0. The van der Waals surface area contributed by atoms with E-state index in [-0.39, 0.29) is 54.1 Å². The molecule has 1 aromatic carbocycles. The van der Waals surface area contributed by atoms with E-state index in [0.717, 1.165) is 4.90 Å². The van der Waals surface area contributed by atoms with Gasteiger partial charge in [-0.15, -0.1) is 0 Å². The van der Waals surface area contributed by atoms with Crippen LogP contribution in [0.2, 0.25) is 0 Å². The lowest BCUT2D eigenvalue weighted by atomic mass is 9.49. The quantitative estimate of drug-likeness (QED) is 0.881. The van der Waals surface area contributed by atoms with Gasteiger partial charge in [0, 0.05) is 24.8 Å². The molecule has 1 spiro atoms. The van der Waals surface area contributed by atoms with E-state index in [1.807, 2.05) is 0 Å². The standard InChI is InChI=1S/C18H21NO4/c1-19-8-7-17-14-10-3-4-12(22-2)15(14)23-16(17)11(20)5-6-18(17,21)13(19)9-10/h3-4,13,16,21H,5-9H2,1-2H3/t13-,16?,17+,18-/m1/s1/i1D3,3D,4D,5D2,16D,21D. The molecule has 5 heteroatoms. The van der Waals surface area contributed by atoms with Gasteiger partial charge >= 0.3 is 0 Å². The van der Waals surface area contributed by atoms with Crippen LogP contribution in [0.4, 0.5) is 0 Å².